The minimum absolute atomic E-state index is 0.197. The lowest BCUT2D eigenvalue weighted by atomic mass is 9.86. The highest BCUT2D eigenvalue weighted by Crippen LogP contribution is 2.28. The van der Waals surface area contributed by atoms with Crippen LogP contribution >= 0.6 is 0 Å². The lowest BCUT2D eigenvalue weighted by Gasteiger charge is -2.28. The average Bonchev–Trinajstić information content (AvgIpc) is 2.97. The first-order valence-electron chi connectivity index (χ1n) is 7.67. The second-order valence-electron chi connectivity index (χ2n) is 6.70. The van der Waals surface area contributed by atoms with E-state index in [0.29, 0.717) is 18.4 Å². The third kappa shape index (κ3) is 3.67. The lowest BCUT2D eigenvalue weighted by molar-refractivity contribution is -0.151. The van der Waals surface area contributed by atoms with E-state index in [1.807, 2.05) is 20.8 Å². The van der Waals surface area contributed by atoms with Crippen LogP contribution in [0, 0.1) is 5.92 Å². The zero-order valence-corrected chi connectivity index (χ0v) is 13.7. The molecule has 1 saturated carbocycles. The van der Waals surface area contributed by atoms with Gasteiger partial charge >= 0.3 is 11.9 Å². The van der Waals surface area contributed by atoms with Crippen LogP contribution in [-0.4, -0.2) is 34.9 Å². The fourth-order valence-electron chi connectivity index (χ4n) is 2.66. The summed E-state index contributed by atoms with van der Waals surface area (Å²) in [6.45, 7) is 6.01. The normalized spacial score (nSPS) is 22.2. The molecule has 22 heavy (non-hydrogen) atoms. The van der Waals surface area contributed by atoms with Gasteiger partial charge in [-0.2, -0.15) is 5.10 Å². The minimum Gasteiger partial charge on any atom is -0.469 e. The maximum Gasteiger partial charge on any atom is 0.341 e. The van der Waals surface area contributed by atoms with Crippen LogP contribution in [0.2, 0.25) is 0 Å². The average molecular weight is 308 g/mol. The summed E-state index contributed by atoms with van der Waals surface area (Å²) in [7, 11) is 1.36. The highest BCUT2D eigenvalue weighted by Gasteiger charge is 2.35. The topological polar surface area (TPSA) is 70.4 Å². The SMILES string of the molecule is COC(=O)[C@H]1CCCC[C@@H]1OC(=O)c1cnn(C(C)(C)C)c1. The molecule has 0 spiro atoms. The number of nitrogens with zero attached hydrogens (tertiary/aromatic N) is 2. The third-order valence-electron chi connectivity index (χ3n) is 3.97. The van der Waals surface area contributed by atoms with E-state index in [1.165, 1.54) is 13.3 Å². The highest BCUT2D eigenvalue weighted by atomic mass is 16.6. The first kappa shape index (κ1) is 16.5. The number of esters is 2. The van der Waals surface area contributed by atoms with E-state index >= 15 is 0 Å². The van der Waals surface area contributed by atoms with Crippen molar-refractivity contribution in [2.75, 3.05) is 7.11 Å². The molecule has 0 bridgehead atoms. The molecule has 0 saturated heterocycles. The standard InChI is InChI=1S/C16H24N2O4/c1-16(2,3)18-10-11(9-17-18)14(19)22-13-8-6-5-7-12(13)15(20)21-4/h9-10,12-13H,5-8H2,1-4H3/t12-,13-/m0/s1. The molecule has 1 aromatic rings. The van der Waals surface area contributed by atoms with Crippen molar-refractivity contribution in [1.29, 1.82) is 0 Å². The number of hydrogen-bond acceptors (Lipinski definition) is 5. The van der Waals surface area contributed by atoms with Crippen molar-refractivity contribution in [3.8, 4) is 0 Å². The molecule has 1 aromatic heterocycles. The van der Waals surface area contributed by atoms with Crippen molar-refractivity contribution in [2.24, 2.45) is 5.92 Å². The number of rotatable bonds is 3. The summed E-state index contributed by atoms with van der Waals surface area (Å²) in [5.74, 6) is -1.10. The summed E-state index contributed by atoms with van der Waals surface area (Å²) in [6, 6.07) is 0. The van der Waals surface area contributed by atoms with E-state index in [4.69, 9.17) is 9.47 Å². The van der Waals surface area contributed by atoms with E-state index < -0.39 is 12.1 Å². The number of ether oxygens (including phenoxy) is 2. The van der Waals surface area contributed by atoms with Gasteiger partial charge in [0, 0.05) is 6.20 Å². The number of carbonyl (C=O) groups is 2. The fraction of sp³-hybridized carbons (Fsp3) is 0.688. The van der Waals surface area contributed by atoms with Gasteiger partial charge in [-0.05, 0) is 40.0 Å². The lowest BCUT2D eigenvalue weighted by Crippen LogP contribution is -2.36. The Labute approximate surface area is 130 Å². The summed E-state index contributed by atoms with van der Waals surface area (Å²) in [6.07, 6.45) is 6.07. The smallest absolute Gasteiger partial charge is 0.341 e. The summed E-state index contributed by atoms with van der Waals surface area (Å²) in [5, 5.41) is 4.20. The molecule has 0 N–H and O–H groups in total. The Morgan fingerprint density at radius 3 is 2.55 bits per heavy atom. The Morgan fingerprint density at radius 2 is 1.95 bits per heavy atom. The molecular weight excluding hydrogens is 284 g/mol. The molecule has 6 heteroatoms. The zero-order chi connectivity index (χ0) is 16.3. The van der Waals surface area contributed by atoms with Crippen LogP contribution in [0.3, 0.4) is 0 Å². The molecule has 1 aliphatic rings. The summed E-state index contributed by atoms with van der Waals surface area (Å²) < 4.78 is 12.1. The van der Waals surface area contributed by atoms with Crippen LogP contribution in [0.25, 0.3) is 0 Å². The molecule has 0 amide bonds. The van der Waals surface area contributed by atoms with Crippen LogP contribution in [-0.2, 0) is 19.8 Å². The Balaban J connectivity index is 2.06. The molecule has 2 atom stereocenters. The van der Waals surface area contributed by atoms with E-state index in [1.54, 1.807) is 10.9 Å². The van der Waals surface area contributed by atoms with Gasteiger partial charge in [0.2, 0.25) is 0 Å². The van der Waals surface area contributed by atoms with Crippen molar-refractivity contribution in [3.63, 3.8) is 0 Å². The highest BCUT2D eigenvalue weighted by molar-refractivity contribution is 5.89. The Hall–Kier alpha value is -1.85. The van der Waals surface area contributed by atoms with Crippen LogP contribution in [0.4, 0.5) is 0 Å². The largest absolute Gasteiger partial charge is 0.469 e. The first-order valence-corrected chi connectivity index (χ1v) is 7.67. The van der Waals surface area contributed by atoms with E-state index in [2.05, 4.69) is 5.10 Å². The second-order valence-corrected chi connectivity index (χ2v) is 6.70. The molecule has 1 fully saturated rings. The van der Waals surface area contributed by atoms with Crippen molar-refractivity contribution >= 4 is 11.9 Å². The van der Waals surface area contributed by atoms with Gasteiger partial charge in [-0.3, -0.25) is 9.48 Å². The Morgan fingerprint density at radius 1 is 1.27 bits per heavy atom. The molecule has 2 rings (SSSR count). The van der Waals surface area contributed by atoms with Crippen LogP contribution in [0.15, 0.2) is 12.4 Å². The second kappa shape index (κ2) is 6.50. The third-order valence-corrected chi connectivity index (χ3v) is 3.97. The van der Waals surface area contributed by atoms with Gasteiger partial charge in [0.1, 0.15) is 6.10 Å². The number of methoxy groups -OCH3 is 1. The predicted molar refractivity (Wildman–Crippen MR) is 80.4 cm³/mol. The van der Waals surface area contributed by atoms with Gasteiger partial charge in [0.25, 0.3) is 0 Å². The molecule has 0 aromatic carbocycles. The van der Waals surface area contributed by atoms with Gasteiger partial charge in [0.05, 0.1) is 30.3 Å². The summed E-state index contributed by atoms with van der Waals surface area (Å²) in [4.78, 5) is 24.1. The van der Waals surface area contributed by atoms with Crippen LogP contribution in [0.5, 0.6) is 0 Å². The molecule has 0 aliphatic heterocycles. The van der Waals surface area contributed by atoms with Gasteiger partial charge in [-0.15, -0.1) is 0 Å². The van der Waals surface area contributed by atoms with E-state index in [9.17, 15) is 9.59 Å². The van der Waals surface area contributed by atoms with E-state index in [-0.39, 0.29) is 17.4 Å². The Bertz CT molecular complexity index is 545. The van der Waals surface area contributed by atoms with Crippen molar-refractivity contribution in [1.82, 2.24) is 9.78 Å². The number of aromatic nitrogens is 2. The van der Waals surface area contributed by atoms with Crippen LogP contribution in [0.1, 0.15) is 56.8 Å². The summed E-state index contributed by atoms with van der Waals surface area (Å²) in [5.41, 5.74) is 0.210. The van der Waals surface area contributed by atoms with E-state index in [0.717, 1.165) is 12.8 Å². The molecule has 1 heterocycles. The monoisotopic (exact) mass is 308 g/mol. The molecule has 1 aliphatic carbocycles. The maximum absolute atomic E-state index is 12.3. The molecule has 0 unspecified atom stereocenters. The fourth-order valence-corrected chi connectivity index (χ4v) is 2.66. The van der Waals surface area contributed by atoms with Crippen LogP contribution < -0.4 is 0 Å². The first-order chi connectivity index (χ1) is 10.3. The van der Waals surface area contributed by atoms with Gasteiger partial charge in [-0.1, -0.05) is 6.42 Å². The minimum atomic E-state index is -0.434. The zero-order valence-electron chi connectivity index (χ0n) is 13.7. The van der Waals surface area contributed by atoms with Gasteiger partial charge in [0.15, 0.2) is 0 Å². The molecule has 122 valence electrons. The van der Waals surface area contributed by atoms with Gasteiger partial charge in [-0.25, -0.2) is 4.79 Å². The number of hydrogen-bond donors (Lipinski definition) is 0. The van der Waals surface area contributed by atoms with Crippen molar-refractivity contribution < 1.29 is 19.1 Å². The molecular formula is C16H24N2O4. The summed E-state index contributed by atoms with van der Waals surface area (Å²) >= 11 is 0. The molecule has 0 radical (unpaired) electrons. The van der Waals surface area contributed by atoms with Gasteiger partial charge < -0.3 is 9.47 Å². The maximum atomic E-state index is 12.3. The van der Waals surface area contributed by atoms with Crippen molar-refractivity contribution in [3.05, 3.63) is 18.0 Å². The quantitative estimate of drug-likeness (QED) is 0.802. The predicted octanol–water partition coefficient (Wildman–Crippen LogP) is 2.53. The Kier molecular flexibility index (Phi) is 4.88. The number of carbonyl (C=O) groups excluding carboxylic acids is 2. The van der Waals surface area contributed by atoms with Crippen molar-refractivity contribution in [2.45, 2.75) is 58.1 Å². The molecule has 6 nitrogen and oxygen atoms in total.